The quantitative estimate of drug-likeness (QED) is 0.489. The summed E-state index contributed by atoms with van der Waals surface area (Å²) in [6, 6.07) is 2.16. The van der Waals surface area contributed by atoms with Crippen LogP contribution < -0.4 is 16.1 Å². The number of ether oxygens (including phenoxy) is 1. The number of nitrogen functional groups attached to an aromatic ring is 1. The van der Waals surface area contributed by atoms with E-state index in [2.05, 4.69) is 38.7 Å². The smallest absolute Gasteiger partial charge is 0.461 e. The van der Waals surface area contributed by atoms with E-state index in [9.17, 15) is 10.0 Å². The van der Waals surface area contributed by atoms with Gasteiger partial charge in [0.15, 0.2) is 0 Å². The molecule has 174 valence electrons. The fourth-order valence-electron chi connectivity index (χ4n) is 7.21. The van der Waals surface area contributed by atoms with Crippen LogP contribution in [0.2, 0.25) is 0 Å². The highest BCUT2D eigenvalue weighted by Crippen LogP contribution is 2.59. The van der Waals surface area contributed by atoms with Crippen LogP contribution in [-0.4, -0.2) is 43.5 Å². The van der Waals surface area contributed by atoms with Crippen LogP contribution in [0.25, 0.3) is 11.0 Å². The molecule has 2 fully saturated rings. The number of fused-ring (bicyclic) bond motifs is 5. The van der Waals surface area contributed by atoms with Crippen LogP contribution >= 0.6 is 0 Å². The van der Waals surface area contributed by atoms with E-state index in [1.54, 1.807) is 0 Å². The van der Waals surface area contributed by atoms with Gasteiger partial charge in [-0.3, -0.25) is 0 Å². The lowest BCUT2D eigenvalue weighted by Gasteiger charge is -2.50. The van der Waals surface area contributed by atoms with Gasteiger partial charge in [-0.15, -0.1) is 0 Å². The Labute approximate surface area is 191 Å². The minimum atomic E-state index is -1.69. The molecule has 3 unspecified atom stereocenters. The summed E-state index contributed by atoms with van der Waals surface area (Å²) in [4.78, 5) is 2.20. The van der Waals surface area contributed by atoms with Gasteiger partial charge in [0, 0.05) is 30.0 Å². The molecule has 2 aliphatic carbocycles. The third-order valence-corrected chi connectivity index (χ3v) is 8.81. The van der Waals surface area contributed by atoms with Gasteiger partial charge in [-0.05, 0) is 48.5 Å². The molecule has 4 N–H and O–H groups in total. The number of hydrogen-bond donors (Lipinski definition) is 3. The summed E-state index contributed by atoms with van der Waals surface area (Å²) in [7, 11) is -1.69. The predicted octanol–water partition coefficient (Wildman–Crippen LogP) is 3.51. The molecule has 0 bridgehead atoms. The van der Waals surface area contributed by atoms with Gasteiger partial charge in [0.1, 0.15) is 11.3 Å². The Morgan fingerprint density at radius 3 is 2.53 bits per heavy atom. The van der Waals surface area contributed by atoms with Gasteiger partial charge in [0.05, 0.1) is 30.1 Å². The number of nitrogens with two attached hydrogens (primary N) is 1. The van der Waals surface area contributed by atoms with Crippen molar-refractivity contribution in [3.8, 4) is 0 Å². The predicted molar refractivity (Wildman–Crippen MR) is 130 cm³/mol. The van der Waals surface area contributed by atoms with Crippen LogP contribution in [0.15, 0.2) is 10.5 Å². The van der Waals surface area contributed by atoms with Crippen molar-refractivity contribution < 1.29 is 19.2 Å². The number of nitrogens with zero attached hydrogens (tertiary/aromatic N) is 1. The Hall–Kier alpha value is -1.70. The zero-order valence-corrected chi connectivity index (χ0v) is 19.9. The Morgan fingerprint density at radius 2 is 1.84 bits per heavy atom. The Morgan fingerprint density at radius 1 is 1.12 bits per heavy atom. The maximum absolute atomic E-state index is 10.4. The van der Waals surface area contributed by atoms with E-state index in [1.807, 2.05) is 0 Å². The molecule has 1 saturated heterocycles. The van der Waals surface area contributed by atoms with E-state index >= 15 is 0 Å². The van der Waals surface area contributed by atoms with Crippen molar-refractivity contribution in [3.05, 3.63) is 17.4 Å². The molecular weight excluding hydrogens is 403 g/mol. The Bertz CT molecular complexity index is 1030. The summed E-state index contributed by atoms with van der Waals surface area (Å²) in [6.45, 7) is 12.3. The Kier molecular flexibility index (Phi) is 5.30. The molecule has 3 atom stereocenters. The number of hydrogen-bond acceptors (Lipinski definition) is 6. The van der Waals surface area contributed by atoms with Crippen LogP contribution in [0.1, 0.15) is 77.0 Å². The standard InChI is InChI=1S/C25H37BN2O4/c1-15-6-7-18-24(2,3)8-5-9-25(18,4)19-16-14-17(28-10-12-31-13-11-28)21(27)20(26(29)30)23(16)32-22(15)19/h14-15,18,29-30H,5-13,27H2,1-4H3. The summed E-state index contributed by atoms with van der Waals surface area (Å²) in [5.41, 5.74) is 10.2. The van der Waals surface area contributed by atoms with Crippen LogP contribution in [0.3, 0.4) is 0 Å². The molecular formula is C25H37BN2O4. The largest absolute Gasteiger partial charge is 0.494 e. The normalized spacial score (nSPS) is 30.0. The SMILES string of the molecule is CC1CCC2C(C)(C)CCCC2(C)c2c1oc1c(B(O)O)c(N)c(N3CCOCC3)cc21. The lowest BCUT2D eigenvalue weighted by Crippen LogP contribution is -2.44. The summed E-state index contributed by atoms with van der Waals surface area (Å²) in [6.07, 6.45) is 5.85. The van der Waals surface area contributed by atoms with Gasteiger partial charge in [-0.25, -0.2) is 0 Å². The average molecular weight is 440 g/mol. The van der Waals surface area contributed by atoms with E-state index in [0.29, 0.717) is 35.9 Å². The minimum absolute atomic E-state index is 0.0107. The zero-order chi connectivity index (χ0) is 22.8. The number of anilines is 2. The molecule has 0 spiro atoms. The lowest BCUT2D eigenvalue weighted by atomic mass is 9.53. The minimum Gasteiger partial charge on any atom is -0.461 e. The molecule has 2 aromatic rings. The molecule has 1 aliphatic heterocycles. The highest BCUT2D eigenvalue weighted by atomic mass is 16.5. The summed E-state index contributed by atoms with van der Waals surface area (Å²) < 4.78 is 12.1. The molecule has 1 aromatic heterocycles. The fourth-order valence-corrected chi connectivity index (χ4v) is 7.21. The second kappa shape index (κ2) is 7.68. The highest BCUT2D eigenvalue weighted by molar-refractivity contribution is 6.64. The van der Waals surface area contributed by atoms with Crippen LogP contribution in [0, 0.1) is 11.3 Å². The topological polar surface area (TPSA) is 92.1 Å². The van der Waals surface area contributed by atoms with Gasteiger partial charge >= 0.3 is 7.12 Å². The number of morpholine rings is 1. The zero-order valence-electron chi connectivity index (χ0n) is 19.9. The average Bonchev–Trinajstić information content (AvgIpc) is 3.07. The first kappa shape index (κ1) is 22.1. The van der Waals surface area contributed by atoms with Gasteiger partial charge in [0.2, 0.25) is 0 Å². The second-order valence-electron chi connectivity index (χ2n) is 11.2. The van der Waals surface area contributed by atoms with E-state index in [-0.39, 0.29) is 16.7 Å². The summed E-state index contributed by atoms with van der Waals surface area (Å²) >= 11 is 0. The molecule has 7 heteroatoms. The molecule has 5 rings (SSSR count). The van der Waals surface area contributed by atoms with Crippen molar-refractivity contribution >= 4 is 34.9 Å². The van der Waals surface area contributed by atoms with Crippen molar-refractivity contribution in [1.82, 2.24) is 0 Å². The van der Waals surface area contributed by atoms with Gasteiger partial charge < -0.3 is 29.8 Å². The molecule has 0 amide bonds. The summed E-state index contributed by atoms with van der Waals surface area (Å²) in [5.74, 6) is 1.86. The monoisotopic (exact) mass is 440 g/mol. The first-order valence-corrected chi connectivity index (χ1v) is 12.2. The molecule has 32 heavy (non-hydrogen) atoms. The van der Waals surface area contributed by atoms with Gasteiger partial charge in [-0.2, -0.15) is 0 Å². The number of benzene rings is 1. The lowest BCUT2D eigenvalue weighted by molar-refractivity contribution is 0.0504. The first-order valence-electron chi connectivity index (χ1n) is 12.2. The molecule has 1 aromatic carbocycles. The van der Waals surface area contributed by atoms with E-state index in [1.165, 1.54) is 24.8 Å². The van der Waals surface area contributed by atoms with Gasteiger partial charge in [-0.1, -0.05) is 34.1 Å². The van der Waals surface area contributed by atoms with E-state index < -0.39 is 7.12 Å². The van der Waals surface area contributed by atoms with Crippen LogP contribution in [0.5, 0.6) is 0 Å². The molecule has 0 radical (unpaired) electrons. The van der Waals surface area contributed by atoms with Crippen molar-refractivity contribution in [2.24, 2.45) is 11.3 Å². The van der Waals surface area contributed by atoms with Crippen LogP contribution in [0.4, 0.5) is 11.4 Å². The summed E-state index contributed by atoms with van der Waals surface area (Å²) in [5, 5.41) is 21.7. The highest BCUT2D eigenvalue weighted by Gasteiger charge is 2.51. The van der Waals surface area contributed by atoms with Crippen molar-refractivity contribution in [2.75, 3.05) is 36.9 Å². The van der Waals surface area contributed by atoms with Crippen molar-refractivity contribution in [3.63, 3.8) is 0 Å². The van der Waals surface area contributed by atoms with E-state index in [0.717, 1.165) is 42.8 Å². The maximum atomic E-state index is 10.4. The third kappa shape index (κ3) is 3.19. The number of furan rings is 1. The third-order valence-electron chi connectivity index (χ3n) is 8.81. The number of rotatable bonds is 2. The van der Waals surface area contributed by atoms with Crippen LogP contribution in [-0.2, 0) is 10.2 Å². The maximum Gasteiger partial charge on any atom is 0.494 e. The van der Waals surface area contributed by atoms with Crippen molar-refractivity contribution in [2.45, 2.75) is 71.1 Å². The molecule has 2 heterocycles. The molecule has 3 aliphatic rings. The first-order chi connectivity index (χ1) is 15.1. The van der Waals surface area contributed by atoms with Crippen molar-refractivity contribution in [1.29, 1.82) is 0 Å². The van der Waals surface area contributed by atoms with E-state index in [4.69, 9.17) is 14.9 Å². The molecule has 1 saturated carbocycles. The second-order valence-corrected chi connectivity index (χ2v) is 11.2. The fraction of sp³-hybridized carbons (Fsp3) is 0.680. The Balaban J connectivity index is 1.81. The van der Waals surface area contributed by atoms with Gasteiger partial charge in [0.25, 0.3) is 0 Å². The molecule has 6 nitrogen and oxygen atoms in total.